The van der Waals surface area contributed by atoms with Crippen LogP contribution < -0.4 is 0 Å². The highest BCUT2D eigenvalue weighted by molar-refractivity contribution is 6.15. The Morgan fingerprint density at radius 3 is 1.94 bits per heavy atom. The van der Waals surface area contributed by atoms with Gasteiger partial charge in [0.1, 0.15) is 0 Å². The molecule has 168 valence electrons. The second-order valence-electron chi connectivity index (χ2n) is 7.42. The van der Waals surface area contributed by atoms with Crippen LogP contribution in [0.15, 0.2) is 41.5 Å². The van der Waals surface area contributed by atoms with Crippen LogP contribution in [-0.4, -0.2) is 36.2 Å². The molecule has 0 saturated heterocycles. The molecule has 32 heavy (non-hydrogen) atoms. The number of fused-ring (bicyclic) bond motifs is 1. The minimum Gasteiger partial charge on any atom is -0.386 e. The number of benzene rings is 1. The third kappa shape index (κ3) is 2.67. The van der Waals surface area contributed by atoms with E-state index in [1.165, 1.54) is 0 Å². The average Bonchev–Trinajstić information content (AvgIpc) is 3.11. The van der Waals surface area contributed by atoms with Gasteiger partial charge in [0.25, 0.3) is 0 Å². The van der Waals surface area contributed by atoms with Crippen molar-refractivity contribution in [1.82, 2.24) is 0 Å². The number of hydrogen-bond donors (Lipinski definition) is 0. The van der Waals surface area contributed by atoms with E-state index in [4.69, 9.17) is 0 Å². The van der Waals surface area contributed by atoms with Crippen LogP contribution in [0.5, 0.6) is 0 Å². The molecule has 1 aliphatic carbocycles. The molecule has 3 aliphatic rings. The molecule has 4 rings (SSSR count). The van der Waals surface area contributed by atoms with E-state index >= 15 is 0 Å². The van der Waals surface area contributed by atoms with Gasteiger partial charge in [-0.05, 0) is 23.6 Å². The molecule has 1 aromatic rings. The van der Waals surface area contributed by atoms with Crippen LogP contribution >= 0.6 is 0 Å². The first-order valence-corrected chi connectivity index (χ1v) is 8.95. The third-order valence-corrected chi connectivity index (χ3v) is 5.87. The fourth-order valence-corrected chi connectivity index (χ4v) is 4.46. The Hall–Kier alpha value is -3.44. The van der Waals surface area contributed by atoms with Crippen LogP contribution in [0.4, 0.5) is 26.3 Å². The Morgan fingerprint density at radius 2 is 1.34 bits per heavy atom. The van der Waals surface area contributed by atoms with Gasteiger partial charge in [-0.15, -0.1) is 0 Å². The normalized spacial score (nSPS) is 23.3. The highest BCUT2D eigenvalue weighted by Crippen LogP contribution is 2.60. The van der Waals surface area contributed by atoms with Gasteiger partial charge in [-0.2, -0.15) is 26.3 Å². The molecular weight excluding hydrogens is 450 g/mol. The first-order chi connectivity index (χ1) is 14.7. The van der Waals surface area contributed by atoms with Crippen molar-refractivity contribution < 1.29 is 55.0 Å². The monoisotopic (exact) mass is 460 g/mol. The summed E-state index contributed by atoms with van der Waals surface area (Å²) in [6.07, 6.45) is -10.7. The first-order valence-electron chi connectivity index (χ1n) is 8.95. The second kappa shape index (κ2) is 6.53. The quantitative estimate of drug-likeness (QED) is 0.381. The molecule has 1 aromatic carbocycles. The predicted molar refractivity (Wildman–Crippen MR) is 89.9 cm³/mol. The fourth-order valence-electron chi connectivity index (χ4n) is 4.46. The molecule has 0 aromatic heterocycles. The maximum atomic E-state index is 14.4. The number of cyclic esters (lactones) is 4. The molecular formula is C20H10F6O6. The molecule has 2 atom stereocenters. The number of carbonyl (C=O) groups is 4. The summed E-state index contributed by atoms with van der Waals surface area (Å²) < 4.78 is 95.1. The summed E-state index contributed by atoms with van der Waals surface area (Å²) >= 11 is 0. The van der Waals surface area contributed by atoms with Crippen molar-refractivity contribution in [3.05, 3.63) is 58.2 Å². The van der Waals surface area contributed by atoms with Crippen molar-refractivity contribution >= 4 is 23.9 Å². The van der Waals surface area contributed by atoms with Crippen molar-refractivity contribution in [2.24, 2.45) is 11.8 Å². The number of allylic oxidation sites excluding steroid dienone is 1. The van der Waals surface area contributed by atoms with E-state index in [1.54, 1.807) is 0 Å². The molecule has 0 bridgehead atoms. The van der Waals surface area contributed by atoms with Gasteiger partial charge in [-0.25, -0.2) is 19.2 Å². The smallest absolute Gasteiger partial charge is 0.386 e. The van der Waals surface area contributed by atoms with Gasteiger partial charge in [0.05, 0.1) is 22.3 Å². The van der Waals surface area contributed by atoms with Crippen LogP contribution in [0.2, 0.25) is 0 Å². The number of alkyl halides is 6. The molecule has 2 aliphatic heterocycles. The molecule has 0 amide bonds. The van der Waals surface area contributed by atoms with Crippen LogP contribution in [0.3, 0.4) is 0 Å². The molecule has 0 fully saturated rings. The Bertz CT molecular complexity index is 1140. The minimum atomic E-state index is -5.97. The Labute approximate surface area is 174 Å². The molecule has 0 radical (unpaired) electrons. The van der Waals surface area contributed by atoms with Crippen molar-refractivity contribution in [2.75, 3.05) is 0 Å². The van der Waals surface area contributed by atoms with E-state index in [1.807, 2.05) is 0 Å². The molecule has 0 N–H and O–H groups in total. The number of carbonyl (C=O) groups excluding carboxylic acids is 4. The standard InChI is InChI=1S/C20H10F6O6/c1-7-12(5-4-10-13(7)17(30)32-15(10)28)18(19(21,22)23,20(24,25)26)8-2-3-9-11(6-8)16(29)31-14(9)27/h2-7,12H,1H3. The molecule has 0 saturated carbocycles. The zero-order chi connectivity index (χ0) is 23.8. The number of rotatable bonds is 2. The SMILES string of the molecule is CC1C2=C(C=CC1C(c1ccc3c(c1)C(=O)OC3=O)(C(F)(F)F)C(F)(F)F)C(=O)OC2=O. The summed E-state index contributed by atoms with van der Waals surface area (Å²) in [6.45, 7) is 0.945. The summed E-state index contributed by atoms with van der Waals surface area (Å²) in [6, 6.07) is 1.42. The third-order valence-electron chi connectivity index (χ3n) is 5.87. The molecule has 2 unspecified atom stereocenters. The van der Waals surface area contributed by atoms with Gasteiger partial charge in [0, 0.05) is 5.92 Å². The van der Waals surface area contributed by atoms with Gasteiger partial charge in [0.2, 0.25) is 0 Å². The van der Waals surface area contributed by atoms with E-state index in [0.717, 1.165) is 6.92 Å². The van der Waals surface area contributed by atoms with E-state index in [9.17, 15) is 45.5 Å². The van der Waals surface area contributed by atoms with Crippen molar-refractivity contribution in [2.45, 2.75) is 24.7 Å². The van der Waals surface area contributed by atoms with Crippen molar-refractivity contribution in [3.8, 4) is 0 Å². The van der Waals surface area contributed by atoms with Crippen LogP contribution in [0.1, 0.15) is 33.2 Å². The lowest BCUT2D eigenvalue weighted by atomic mass is 9.61. The Balaban J connectivity index is 1.99. The summed E-state index contributed by atoms with van der Waals surface area (Å²) in [5.41, 5.74) is -8.20. The number of esters is 4. The molecule has 0 spiro atoms. The van der Waals surface area contributed by atoms with Gasteiger partial charge in [-0.1, -0.05) is 25.1 Å². The van der Waals surface area contributed by atoms with Gasteiger partial charge >= 0.3 is 36.2 Å². The topological polar surface area (TPSA) is 86.7 Å². The van der Waals surface area contributed by atoms with Crippen LogP contribution in [0.25, 0.3) is 0 Å². The van der Waals surface area contributed by atoms with E-state index < -0.39 is 81.3 Å². The second-order valence-corrected chi connectivity index (χ2v) is 7.42. The zero-order valence-electron chi connectivity index (χ0n) is 15.8. The number of hydrogen-bond acceptors (Lipinski definition) is 6. The lowest BCUT2D eigenvalue weighted by molar-refractivity contribution is -0.317. The largest absolute Gasteiger partial charge is 0.407 e. The zero-order valence-corrected chi connectivity index (χ0v) is 15.8. The minimum absolute atomic E-state index is 0.326. The summed E-state index contributed by atoms with van der Waals surface area (Å²) in [7, 11) is 0. The fraction of sp³-hybridized carbons (Fsp3) is 0.300. The lowest BCUT2D eigenvalue weighted by Crippen LogP contribution is -2.60. The van der Waals surface area contributed by atoms with Crippen molar-refractivity contribution in [3.63, 3.8) is 0 Å². The number of ether oxygens (including phenoxy) is 2. The first kappa shape index (κ1) is 21.8. The number of halogens is 6. The van der Waals surface area contributed by atoms with Crippen molar-refractivity contribution in [1.29, 1.82) is 0 Å². The Morgan fingerprint density at radius 1 is 0.781 bits per heavy atom. The summed E-state index contributed by atoms with van der Waals surface area (Å²) in [5, 5.41) is 0. The molecule has 2 heterocycles. The van der Waals surface area contributed by atoms with E-state index in [2.05, 4.69) is 9.47 Å². The van der Waals surface area contributed by atoms with Gasteiger partial charge in [0.15, 0.2) is 5.41 Å². The summed E-state index contributed by atoms with van der Waals surface area (Å²) in [5.74, 6) is -9.26. The molecule has 6 nitrogen and oxygen atoms in total. The van der Waals surface area contributed by atoms with Gasteiger partial charge in [-0.3, -0.25) is 0 Å². The maximum absolute atomic E-state index is 14.4. The lowest BCUT2D eigenvalue weighted by Gasteiger charge is -2.45. The van der Waals surface area contributed by atoms with Crippen LogP contribution in [0, 0.1) is 11.8 Å². The summed E-state index contributed by atoms with van der Waals surface area (Å²) in [4.78, 5) is 47.1. The molecule has 12 heteroatoms. The highest BCUT2D eigenvalue weighted by Gasteiger charge is 2.75. The van der Waals surface area contributed by atoms with E-state index in [-0.39, 0.29) is 0 Å². The average molecular weight is 460 g/mol. The highest BCUT2D eigenvalue weighted by atomic mass is 19.4. The van der Waals surface area contributed by atoms with E-state index in [0.29, 0.717) is 30.4 Å². The van der Waals surface area contributed by atoms with Crippen LogP contribution in [-0.2, 0) is 24.5 Å². The Kier molecular flexibility index (Phi) is 4.45. The predicted octanol–water partition coefficient (Wildman–Crippen LogP) is 3.56. The maximum Gasteiger partial charge on any atom is 0.407 e. The van der Waals surface area contributed by atoms with Gasteiger partial charge < -0.3 is 9.47 Å².